The van der Waals surface area contributed by atoms with Gasteiger partial charge in [0.05, 0.1) is 18.8 Å². The van der Waals surface area contributed by atoms with Crippen molar-refractivity contribution in [1.29, 1.82) is 0 Å². The normalized spacial score (nSPS) is 25.7. The number of carbonyl (C=O) groups is 1. The third-order valence-corrected chi connectivity index (χ3v) is 5.12. The Morgan fingerprint density at radius 2 is 2.15 bits per heavy atom. The Hall–Kier alpha value is -1.73. The molecule has 3 rings (SSSR count). The Morgan fingerprint density at radius 3 is 2.88 bits per heavy atom. The molecule has 0 aliphatic heterocycles. The number of rotatable bonds is 9. The molecule has 0 bridgehead atoms. The van der Waals surface area contributed by atoms with Gasteiger partial charge in [0.1, 0.15) is 12.1 Å². The first-order chi connectivity index (χ1) is 12.7. The van der Waals surface area contributed by atoms with Crippen LogP contribution < -0.4 is 10.6 Å². The molecule has 0 spiro atoms. The van der Waals surface area contributed by atoms with Gasteiger partial charge in [-0.05, 0) is 38.5 Å². The molecule has 0 saturated heterocycles. The van der Waals surface area contributed by atoms with Gasteiger partial charge in [-0.3, -0.25) is 4.79 Å². The highest BCUT2D eigenvalue weighted by Gasteiger charge is 2.35. The highest BCUT2D eigenvalue weighted by molar-refractivity contribution is 5.78. The topological polar surface area (TPSA) is 96.4 Å². The van der Waals surface area contributed by atoms with E-state index in [1.54, 1.807) is 6.33 Å². The van der Waals surface area contributed by atoms with E-state index < -0.39 is 0 Å². The van der Waals surface area contributed by atoms with Crippen molar-refractivity contribution >= 4 is 11.7 Å². The number of nitrogens with zero attached hydrogens (tertiary/aromatic N) is 2. The summed E-state index contributed by atoms with van der Waals surface area (Å²) >= 11 is 0. The van der Waals surface area contributed by atoms with Gasteiger partial charge < -0.3 is 20.5 Å². The second-order valence-electron chi connectivity index (χ2n) is 7.29. The molecule has 144 valence electrons. The van der Waals surface area contributed by atoms with Crippen molar-refractivity contribution in [3.05, 3.63) is 18.1 Å². The average molecular weight is 362 g/mol. The van der Waals surface area contributed by atoms with Crippen molar-refractivity contribution in [2.45, 2.75) is 63.5 Å². The maximum absolute atomic E-state index is 12.3. The number of nitrogens with one attached hydrogen (secondary N) is 2. The third-order valence-electron chi connectivity index (χ3n) is 5.12. The van der Waals surface area contributed by atoms with Crippen molar-refractivity contribution in [2.24, 2.45) is 5.92 Å². The SMILES string of the molecule is CCCO[C@@H]1CC[C@H](C(=O)NCCO)C[C@H]1Nc1cc(C2CC2)ncn1. The second-order valence-corrected chi connectivity index (χ2v) is 7.29. The quantitative estimate of drug-likeness (QED) is 0.620. The van der Waals surface area contributed by atoms with Gasteiger partial charge in [0, 0.05) is 36.7 Å². The lowest BCUT2D eigenvalue weighted by atomic mass is 9.83. The monoisotopic (exact) mass is 362 g/mol. The van der Waals surface area contributed by atoms with Crippen molar-refractivity contribution in [2.75, 3.05) is 25.1 Å². The molecule has 0 aromatic carbocycles. The van der Waals surface area contributed by atoms with E-state index in [0.717, 1.165) is 37.4 Å². The van der Waals surface area contributed by atoms with Crippen LogP contribution in [0.3, 0.4) is 0 Å². The first-order valence-corrected chi connectivity index (χ1v) is 9.80. The van der Waals surface area contributed by atoms with Crippen LogP contribution in [0.15, 0.2) is 12.4 Å². The molecule has 0 radical (unpaired) electrons. The van der Waals surface area contributed by atoms with Gasteiger partial charge in [0.15, 0.2) is 0 Å². The Morgan fingerprint density at radius 1 is 1.31 bits per heavy atom. The predicted molar refractivity (Wildman–Crippen MR) is 98.9 cm³/mol. The molecule has 1 amide bonds. The Balaban J connectivity index is 1.65. The number of aliphatic hydroxyl groups excluding tert-OH is 1. The Bertz CT molecular complexity index is 594. The molecule has 3 N–H and O–H groups in total. The number of carbonyl (C=O) groups excluding carboxylic acids is 1. The fourth-order valence-electron chi connectivity index (χ4n) is 3.57. The molecule has 3 atom stereocenters. The predicted octanol–water partition coefficient (Wildman–Crippen LogP) is 1.84. The Labute approximate surface area is 155 Å². The van der Waals surface area contributed by atoms with Crippen molar-refractivity contribution in [1.82, 2.24) is 15.3 Å². The number of aromatic nitrogens is 2. The molecule has 1 aromatic heterocycles. The largest absolute Gasteiger partial charge is 0.395 e. The highest BCUT2D eigenvalue weighted by Crippen LogP contribution is 2.39. The lowest BCUT2D eigenvalue weighted by Gasteiger charge is -2.36. The van der Waals surface area contributed by atoms with Crippen LogP contribution in [0.4, 0.5) is 5.82 Å². The molecule has 2 saturated carbocycles. The number of anilines is 1. The van der Waals surface area contributed by atoms with E-state index in [9.17, 15) is 4.79 Å². The summed E-state index contributed by atoms with van der Waals surface area (Å²) < 4.78 is 6.04. The molecule has 7 heteroatoms. The standard InChI is InChI=1S/C19H30N4O3/c1-2-9-26-17-6-5-14(19(25)20-7-8-24)10-16(17)23-18-11-15(13-3-4-13)21-12-22-18/h11-14,16-17,24H,2-10H2,1H3,(H,20,25)(H,21,22,23)/t14-,16+,17+/m0/s1. The van der Waals surface area contributed by atoms with Gasteiger partial charge in [-0.25, -0.2) is 9.97 Å². The minimum Gasteiger partial charge on any atom is -0.395 e. The number of hydrogen-bond acceptors (Lipinski definition) is 6. The molecule has 7 nitrogen and oxygen atoms in total. The molecule has 2 fully saturated rings. The van der Waals surface area contributed by atoms with E-state index in [1.807, 2.05) is 6.07 Å². The molecule has 2 aliphatic rings. The zero-order valence-corrected chi connectivity index (χ0v) is 15.5. The first-order valence-electron chi connectivity index (χ1n) is 9.80. The van der Waals surface area contributed by atoms with Crippen LogP contribution >= 0.6 is 0 Å². The van der Waals surface area contributed by atoms with Crippen molar-refractivity contribution < 1.29 is 14.6 Å². The molecule has 0 unspecified atom stereocenters. The Kier molecular flexibility index (Phi) is 6.80. The van der Waals surface area contributed by atoms with Crippen LogP contribution in [-0.2, 0) is 9.53 Å². The van der Waals surface area contributed by atoms with E-state index in [1.165, 1.54) is 12.8 Å². The van der Waals surface area contributed by atoms with Gasteiger partial charge in [0.25, 0.3) is 0 Å². The fraction of sp³-hybridized carbons (Fsp3) is 0.737. The third kappa shape index (κ3) is 5.14. The maximum atomic E-state index is 12.3. The van der Waals surface area contributed by atoms with E-state index in [4.69, 9.17) is 9.84 Å². The zero-order chi connectivity index (χ0) is 18.4. The van der Waals surface area contributed by atoms with Crippen molar-refractivity contribution in [3.8, 4) is 0 Å². The fourth-order valence-corrected chi connectivity index (χ4v) is 3.57. The van der Waals surface area contributed by atoms with Crippen LogP contribution in [0.5, 0.6) is 0 Å². The van der Waals surface area contributed by atoms with Gasteiger partial charge in [0.2, 0.25) is 5.91 Å². The van der Waals surface area contributed by atoms with Gasteiger partial charge in [-0.1, -0.05) is 6.92 Å². The van der Waals surface area contributed by atoms with Gasteiger partial charge in [-0.15, -0.1) is 0 Å². The van der Waals surface area contributed by atoms with E-state index in [2.05, 4.69) is 27.5 Å². The van der Waals surface area contributed by atoms with Crippen LogP contribution in [-0.4, -0.2) is 52.9 Å². The highest BCUT2D eigenvalue weighted by atomic mass is 16.5. The summed E-state index contributed by atoms with van der Waals surface area (Å²) in [7, 11) is 0. The summed E-state index contributed by atoms with van der Waals surface area (Å²) in [6.45, 7) is 3.09. The molecular formula is C19H30N4O3. The lowest BCUT2D eigenvalue weighted by Crippen LogP contribution is -2.46. The van der Waals surface area contributed by atoms with E-state index in [-0.39, 0.29) is 30.6 Å². The summed E-state index contributed by atoms with van der Waals surface area (Å²) in [6.07, 6.45) is 7.43. The molecule has 1 heterocycles. The van der Waals surface area contributed by atoms with Gasteiger partial charge in [-0.2, -0.15) is 0 Å². The minimum atomic E-state index is -0.0646. The van der Waals surface area contributed by atoms with Crippen LogP contribution in [0.1, 0.15) is 57.1 Å². The van der Waals surface area contributed by atoms with Crippen molar-refractivity contribution in [3.63, 3.8) is 0 Å². The summed E-state index contributed by atoms with van der Waals surface area (Å²) in [5.74, 6) is 1.34. The summed E-state index contributed by atoms with van der Waals surface area (Å²) in [5, 5.41) is 15.2. The number of amides is 1. The molecule has 26 heavy (non-hydrogen) atoms. The number of ether oxygens (including phenoxy) is 1. The van der Waals surface area contributed by atoms with Crippen LogP contribution in [0.2, 0.25) is 0 Å². The minimum absolute atomic E-state index is 0.0150. The van der Waals surface area contributed by atoms with Gasteiger partial charge >= 0.3 is 0 Å². The maximum Gasteiger partial charge on any atom is 0.223 e. The molecular weight excluding hydrogens is 332 g/mol. The first kappa shape index (κ1) is 19.0. The summed E-state index contributed by atoms with van der Waals surface area (Å²) in [6, 6.07) is 2.08. The zero-order valence-electron chi connectivity index (χ0n) is 15.5. The molecule has 2 aliphatic carbocycles. The average Bonchev–Trinajstić information content (AvgIpc) is 3.50. The second kappa shape index (κ2) is 9.28. The van der Waals surface area contributed by atoms with Crippen LogP contribution in [0.25, 0.3) is 0 Å². The summed E-state index contributed by atoms with van der Waals surface area (Å²) in [5.41, 5.74) is 1.10. The summed E-state index contributed by atoms with van der Waals surface area (Å²) in [4.78, 5) is 21.0. The lowest BCUT2D eigenvalue weighted by molar-refractivity contribution is -0.127. The smallest absolute Gasteiger partial charge is 0.223 e. The van der Waals surface area contributed by atoms with E-state index in [0.29, 0.717) is 18.9 Å². The van der Waals surface area contributed by atoms with Crippen LogP contribution in [0, 0.1) is 5.92 Å². The number of aliphatic hydroxyl groups is 1. The number of hydrogen-bond donors (Lipinski definition) is 3. The molecule has 1 aromatic rings. The van der Waals surface area contributed by atoms with E-state index >= 15 is 0 Å².